The first-order valence-corrected chi connectivity index (χ1v) is 8.79. The molecule has 3 atom stereocenters. The molecule has 3 rings (SSSR count). The second kappa shape index (κ2) is 6.48. The molecule has 2 aliphatic rings. The van der Waals surface area contributed by atoms with Gasteiger partial charge >= 0.3 is 0 Å². The lowest BCUT2D eigenvalue weighted by Crippen LogP contribution is -2.43. The zero-order valence-electron chi connectivity index (χ0n) is 12.3. The third kappa shape index (κ3) is 3.20. The topological polar surface area (TPSA) is 24.1 Å². The molecule has 110 valence electrons. The molecule has 0 amide bonds. The molecule has 1 heterocycles. The molecule has 1 aliphatic carbocycles. The van der Waals surface area contributed by atoms with Gasteiger partial charge in [-0.15, -0.1) is 0 Å². The van der Waals surface area contributed by atoms with Gasteiger partial charge in [-0.3, -0.25) is 0 Å². The molecule has 2 nitrogen and oxygen atoms in total. The first-order valence-electron chi connectivity index (χ1n) is 8.00. The standard InChI is InChI=1S/C17H25BrN2/c1-12-8-9-13(18)11-17(12)20-16-6-3-2-5-14(16)15-7-4-10-19-15/h8-9,11,14-16,19-20H,2-7,10H2,1H3. The van der Waals surface area contributed by atoms with E-state index in [1.54, 1.807) is 0 Å². The molecule has 2 fully saturated rings. The predicted molar refractivity (Wildman–Crippen MR) is 89.3 cm³/mol. The van der Waals surface area contributed by atoms with E-state index in [9.17, 15) is 0 Å². The lowest BCUT2D eigenvalue weighted by Gasteiger charge is -2.37. The summed E-state index contributed by atoms with van der Waals surface area (Å²) in [6, 6.07) is 7.91. The Morgan fingerprint density at radius 3 is 2.80 bits per heavy atom. The molecule has 3 heteroatoms. The van der Waals surface area contributed by atoms with Crippen LogP contribution in [0.3, 0.4) is 0 Å². The molecule has 1 saturated heterocycles. The molecule has 0 bridgehead atoms. The highest BCUT2D eigenvalue weighted by Gasteiger charge is 2.33. The van der Waals surface area contributed by atoms with Gasteiger partial charge in [0.1, 0.15) is 0 Å². The van der Waals surface area contributed by atoms with Crippen LogP contribution in [-0.2, 0) is 0 Å². The van der Waals surface area contributed by atoms with E-state index in [4.69, 9.17) is 0 Å². The third-order valence-corrected chi connectivity index (χ3v) is 5.47. The largest absolute Gasteiger partial charge is 0.382 e. The van der Waals surface area contributed by atoms with Crippen molar-refractivity contribution in [3.8, 4) is 0 Å². The SMILES string of the molecule is Cc1ccc(Br)cc1NC1CCCCC1C1CCCN1. The van der Waals surface area contributed by atoms with Crippen LogP contribution in [-0.4, -0.2) is 18.6 Å². The summed E-state index contributed by atoms with van der Waals surface area (Å²) in [7, 11) is 0. The molecule has 0 radical (unpaired) electrons. The Kier molecular flexibility index (Phi) is 4.67. The van der Waals surface area contributed by atoms with Crippen molar-refractivity contribution in [3.63, 3.8) is 0 Å². The highest BCUT2D eigenvalue weighted by atomic mass is 79.9. The van der Waals surface area contributed by atoms with Crippen LogP contribution >= 0.6 is 15.9 Å². The summed E-state index contributed by atoms with van der Waals surface area (Å²) in [4.78, 5) is 0. The van der Waals surface area contributed by atoms with E-state index in [2.05, 4.69) is 51.7 Å². The molecular formula is C17H25BrN2. The maximum Gasteiger partial charge on any atom is 0.0383 e. The van der Waals surface area contributed by atoms with Crippen molar-refractivity contribution < 1.29 is 0 Å². The highest BCUT2D eigenvalue weighted by Crippen LogP contribution is 2.33. The summed E-state index contributed by atoms with van der Waals surface area (Å²) in [6.45, 7) is 3.41. The summed E-state index contributed by atoms with van der Waals surface area (Å²) in [5.74, 6) is 0.796. The second-order valence-electron chi connectivity index (χ2n) is 6.36. The summed E-state index contributed by atoms with van der Waals surface area (Å²) in [6.07, 6.45) is 8.17. The van der Waals surface area contributed by atoms with E-state index in [0.29, 0.717) is 6.04 Å². The fourth-order valence-corrected chi connectivity index (χ4v) is 4.21. The monoisotopic (exact) mass is 336 g/mol. The van der Waals surface area contributed by atoms with Crippen molar-refractivity contribution in [3.05, 3.63) is 28.2 Å². The van der Waals surface area contributed by atoms with Gasteiger partial charge in [-0.05, 0) is 62.8 Å². The van der Waals surface area contributed by atoms with Crippen LogP contribution < -0.4 is 10.6 Å². The van der Waals surface area contributed by atoms with Crippen LogP contribution in [0.1, 0.15) is 44.1 Å². The van der Waals surface area contributed by atoms with Crippen molar-refractivity contribution in [2.75, 3.05) is 11.9 Å². The number of nitrogens with one attached hydrogen (secondary N) is 2. The van der Waals surface area contributed by atoms with Gasteiger partial charge in [-0.1, -0.05) is 34.8 Å². The molecule has 0 spiro atoms. The second-order valence-corrected chi connectivity index (χ2v) is 7.28. The maximum absolute atomic E-state index is 3.85. The van der Waals surface area contributed by atoms with Gasteiger partial charge in [-0.2, -0.15) is 0 Å². The van der Waals surface area contributed by atoms with Gasteiger partial charge in [0.05, 0.1) is 0 Å². The van der Waals surface area contributed by atoms with Crippen LogP contribution in [0.15, 0.2) is 22.7 Å². The number of anilines is 1. The van der Waals surface area contributed by atoms with Crippen molar-refractivity contribution in [1.29, 1.82) is 0 Å². The molecular weight excluding hydrogens is 312 g/mol. The van der Waals surface area contributed by atoms with E-state index < -0.39 is 0 Å². The first-order chi connectivity index (χ1) is 9.74. The fourth-order valence-electron chi connectivity index (χ4n) is 3.85. The number of benzene rings is 1. The van der Waals surface area contributed by atoms with Crippen molar-refractivity contribution >= 4 is 21.6 Å². The smallest absolute Gasteiger partial charge is 0.0383 e. The van der Waals surface area contributed by atoms with Crippen LogP contribution in [0.25, 0.3) is 0 Å². The predicted octanol–water partition coefficient (Wildman–Crippen LogP) is 4.48. The van der Waals surface area contributed by atoms with Gasteiger partial charge in [0.2, 0.25) is 0 Å². The number of hydrogen-bond acceptors (Lipinski definition) is 2. The summed E-state index contributed by atoms with van der Waals surface area (Å²) in [5, 5.41) is 7.57. The Bertz CT molecular complexity index is 454. The van der Waals surface area contributed by atoms with Gasteiger partial charge in [-0.25, -0.2) is 0 Å². The lowest BCUT2D eigenvalue weighted by atomic mass is 9.79. The molecule has 1 aromatic rings. The van der Waals surface area contributed by atoms with Gasteiger partial charge in [0, 0.05) is 22.2 Å². The van der Waals surface area contributed by atoms with E-state index in [-0.39, 0.29) is 0 Å². The Labute approximate surface area is 130 Å². The average Bonchev–Trinajstić information content (AvgIpc) is 2.97. The highest BCUT2D eigenvalue weighted by molar-refractivity contribution is 9.10. The fraction of sp³-hybridized carbons (Fsp3) is 0.647. The van der Waals surface area contributed by atoms with Crippen molar-refractivity contribution in [2.24, 2.45) is 5.92 Å². The Balaban J connectivity index is 1.74. The van der Waals surface area contributed by atoms with E-state index >= 15 is 0 Å². The van der Waals surface area contributed by atoms with Crippen LogP contribution in [0.4, 0.5) is 5.69 Å². The summed E-state index contributed by atoms with van der Waals surface area (Å²) < 4.78 is 1.16. The molecule has 2 N–H and O–H groups in total. The lowest BCUT2D eigenvalue weighted by molar-refractivity contribution is 0.262. The maximum atomic E-state index is 3.85. The summed E-state index contributed by atoms with van der Waals surface area (Å²) >= 11 is 3.59. The molecule has 20 heavy (non-hydrogen) atoms. The number of aryl methyl sites for hydroxylation is 1. The number of rotatable bonds is 3. The minimum atomic E-state index is 0.632. The Hall–Kier alpha value is -0.540. The quantitative estimate of drug-likeness (QED) is 0.850. The van der Waals surface area contributed by atoms with E-state index in [1.165, 1.54) is 56.3 Å². The van der Waals surface area contributed by atoms with Crippen LogP contribution in [0, 0.1) is 12.8 Å². The molecule has 1 saturated carbocycles. The molecule has 1 aliphatic heterocycles. The number of hydrogen-bond donors (Lipinski definition) is 2. The average molecular weight is 337 g/mol. The molecule has 1 aromatic carbocycles. The molecule has 0 aromatic heterocycles. The third-order valence-electron chi connectivity index (χ3n) is 4.98. The minimum absolute atomic E-state index is 0.632. The van der Waals surface area contributed by atoms with Crippen molar-refractivity contribution in [2.45, 2.75) is 57.5 Å². The number of halogens is 1. The van der Waals surface area contributed by atoms with E-state index in [1.807, 2.05) is 0 Å². The van der Waals surface area contributed by atoms with Crippen LogP contribution in [0.5, 0.6) is 0 Å². The van der Waals surface area contributed by atoms with Gasteiger partial charge in [0.15, 0.2) is 0 Å². The molecule has 3 unspecified atom stereocenters. The Morgan fingerprint density at radius 2 is 2.00 bits per heavy atom. The minimum Gasteiger partial charge on any atom is -0.382 e. The van der Waals surface area contributed by atoms with Crippen LogP contribution in [0.2, 0.25) is 0 Å². The summed E-state index contributed by atoms with van der Waals surface area (Å²) in [5.41, 5.74) is 2.64. The first kappa shape index (κ1) is 14.4. The zero-order chi connectivity index (χ0) is 13.9. The Morgan fingerprint density at radius 1 is 1.15 bits per heavy atom. The van der Waals surface area contributed by atoms with Crippen molar-refractivity contribution in [1.82, 2.24) is 5.32 Å². The van der Waals surface area contributed by atoms with Gasteiger partial charge in [0.25, 0.3) is 0 Å². The van der Waals surface area contributed by atoms with E-state index in [0.717, 1.165) is 16.4 Å². The zero-order valence-corrected chi connectivity index (χ0v) is 13.9. The van der Waals surface area contributed by atoms with Gasteiger partial charge < -0.3 is 10.6 Å². The normalized spacial score (nSPS) is 30.4.